The van der Waals surface area contributed by atoms with Crippen LogP contribution in [0.15, 0.2) is 49.1 Å². The Morgan fingerprint density at radius 1 is 1.16 bits per heavy atom. The number of hydrogen-bond acceptors (Lipinski definition) is 3. The van der Waals surface area contributed by atoms with Crippen molar-refractivity contribution >= 4 is 17.2 Å². The molecule has 4 aromatic heterocycles. The third kappa shape index (κ3) is 2.78. The second-order valence-electron chi connectivity index (χ2n) is 5.65. The lowest BCUT2D eigenvalue weighted by Gasteiger charge is -2.08. The lowest BCUT2D eigenvalue weighted by atomic mass is 10.2. The zero-order chi connectivity index (χ0) is 17.4. The van der Waals surface area contributed by atoms with E-state index < -0.39 is 5.82 Å². The topological polar surface area (TPSA) is 48.0 Å². The molecule has 0 N–H and O–H groups in total. The Bertz CT molecular complexity index is 1050. The fourth-order valence-electron chi connectivity index (χ4n) is 2.98. The molecule has 0 unspecified atom stereocenters. The molecular formula is C18H15ClFN5. The molecule has 0 aliphatic carbocycles. The third-order valence-electron chi connectivity index (χ3n) is 4.11. The molecule has 0 aliphatic heterocycles. The van der Waals surface area contributed by atoms with E-state index in [4.69, 9.17) is 16.6 Å². The van der Waals surface area contributed by atoms with Gasteiger partial charge in [0, 0.05) is 30.5 Å². The maximum absolute atomic E-state index is 14.1. The molecule has 4 aromatic rings. The average molecular weight is 356 g/mol. The van der Waals surface area contributed by atoms with Gasteiger partial charge in [0.25, 0.3) is 0 Å². The monoisotopic (exact) mass is 355 g/mol. The molecule has 0 saturated heterocycles. The van der Waals surface area contributed by atoms with E-state index in [0.717, 1.165) is 23.5 Å². The Morgan fingerprint density at radius 2 is 2.04 bits per heavy atom. The van der Waals surface area contributed by atoms with Crippen LogP contribution in [0.5, 0.6) is 0 Å². The lowest BCUT2D eigenvalue weighted by molar-refractivity contribution is 0.621. The van der Waals surface area contributed by atoms with Crippen LogP contribution in [-0.4, -0.2) is 23.9 Å². The Morgan fingerprint density at radius 3 is 2.84 bits per heavy atom. The quantitative estimate of drug-likeness (QED) is 0.556. The van der Waals surface area contributed by atoms with Crippen molar-refractivity contribution in [2.24, 2.45) is 0 Å². The van der Waals surface area contributed by atoms with Crippen molar-refractivity contribution < 1.29 is 4.39 Å². The van der Waals surface area contributed by atoms with Gasteiger partial charge in [0.2, 0.25) is 0 Å². The molecular weight excluding hydrogens is 341 g/mol. The van der Waals surface area contributed by atoms with Crippen molar-refractivity contribution in [2.75, 3.05) is 0 Å². The van der Waals surface area contributed by atoms with Crippen LogP contribution in [0.4, 0.5) is 4.39 Å². The second kappa shape index (κ2) is 6.29. The highest BCUT2D eigenvalue weighted by atomic mass is 35.5. The molecule has 0 fully saturated rings. The van der Waals surface area contributed by atoms with Crippen molar-refractivity contribution in [1.29, 1.82) is 0 Å². The maximum Gasteiger partial charge on any atom is 0.162 e. The first kappa shape index (κ1) is 15.8. The Balaban J connectivity index is 1.79. The van der Waals surface area contributed by atoms with Crippen LogP contribution < -0.4 is 0 Å². The molecule has 0 saturated carbocycles. The van der Waals surface area contributed by atoms with Crippen molar-refractivity contribution in [3.8, 4) is 11.5 Å². The van der Waals surface area contributed by atoms with Crippen LogP contribution in [0, 0.1) is 5.82 Å². The van der Waals surface area contributed by atoms with Gasteiger partial charge in [-0.2, -0.15) is 0 Å². The van der Waals surface area contributed by atoms with Gasteiger partial charge in [-0.25, -0.2) is 19.3 Å². The lowest BCUT2D eigenvalue weighted by Crippen LogP contribution is -2.06. The van der Waals surface area contributed by atoms with Crippen molar-refractivity contribution in [3.05, 3.63) is 71.3 Å². The van der Waals surface area contributed by atoms with Crippen LogP contribution in [0.25, 0.3) is 17.2 Å². The minimum Gasteiger partial charge on any atom is -0.324 e. The normalized spacial score (nSPS) is 11.3. The van der Waals surface area contributed by atoms with Gasteiger partial charge in [0.1, 0.15) is 11.3 Å². The Labute approximate surface area is 148 Å². The summed E-state index contributed by atoms with van der Waals surface area (Å²) in [6.45, 7) is 2.55. The number of rotatable bonds is 4. The molecule has 0 aromatic carbocycles. The number of halogens is 2. The van der Waals surface area contributed by atoms with Crippen molar-refractivity contribution in [3.63, 3.8) is 0 Å². The van der Waals surface area contributed by atoms with Gasteiger partial charge in [-0.1, -0.05) is 18.5 Å². The summed E-state index contributed by atoms with van der Waals surface area (Å²) in [5.74, 6) is 0.0858. The van der Waals surface area contributed by atoms with Gasteiger partial charge in [-0.15, -0.1) is 0 Å². The Kier molecular flexibility index (Phi) is 3.97. The number of aryl methyl sites for hydroxylation is 1. The summed E-state index contributed by atoms with van der Waals surface area (Å²) in [6, 6.07) is 6.65. The first-order chi connectivity index (χ1) is 12.2. The summed E-state index contributed by atoms with van der Waals surface area (Å²) in [7, 11) is 0. The minimum atomic E-state index is -0.396. The van der Waals surface area contributed by atoms with Crippen LogP contribution in [0.1, 0.15) is 18.3 Å². The maximum atomic E-state index is 14.1. The molecule has 4 heterocycles. The third-order valence-corrected chi connectivity index (χ3v) is 4.33. The Hall–Kier alpha value is -2.73. The van der Waals surface area contributed by atoms with Crippen LogP contribution in [0.3, 0.4) is 0 Å². The zero-order valence-corrected chi connectivity index (χ0v) is 14.3. The van der Waals surface area contributed by atoms with E-state index in [1.54, 1.807) is 24.7 Å². The summed E-state index contributed by atoms with van der Waals surface area (Å²) < 4.78 is 17.9. The van der Waals surface area contributed by atoms with Gasteiger partial charge in [-0.05, 0) is 30.7 Å². The van der Waals surface area contributed by atoms with E-state index in [0.29, 0.717) is 17.4 Å². The standard InChI is InChI=1S/C18H15ClFN5/c1-2-15-14(23-16-6-5-12(19)10-25(15)16)11-24-9-8-22-18(24)17-13(20)4-3-7-21-17/h3-10H,2,11H2,1H3. The molecule has 0 spiro atoms. The summed E-state index contributed by atoms with van der Waals surface area (Å²) in [5, 5.41) is 0.657. The molecule has 4 rings (SSSR count). The summed E-state index contributed by atoms with van der Waals surface area (Å²) in [6.07, 6.45) is 7.67. The highest BCUT2D eigenvalue weighted by molar-refractivity contribution is 6.30. The molecule has 7 heteroatoms. The van der Waals surface area contributed by atoms with Gasteiger partial charge in [-0.3, -0.25) is 0 Å². The molecule has 5 nitrogen and oxygen atoms in total. The summed E-state index contributed by atoms with van der Waals surface area (Å²) in [4.78, 5) is 13.1. The van der Waals surface area contributed by atoms with E-state index in [1.807, 2.05) is 27.3 Å². The van der Waals surface area contributed by atoms with Crippen LogP contribution in [0.2, 0.25) is 5.02 Å². The van der Waals surface area contributed by atoms with E-state index in [-0.39, 0.29) is 5.69 Å². The van der Waals surface area contributed by atoms with E-state index >= 15 is 0 Å². The summed E-state index contributed by atoms with van der Waals surface area (Å²) in [5.41, 5.74) is 3.04. The van der Waals surface area contributed by atoms with E-state index in [1.165, 1.54) is 6.07 Å². The molecule has 0 radical (unpaired) electrons. The largest absolute Gasteiger partial charge is 0.324 e. The van der Waals surface area contributed by atoms with E-state index in [9.17, 15) is 4.39 Å². The van der Waals surface area contributed by atoms with Gasteiger partial charge >= 0.3 is 0 Å². The van der Waals surface area contributed by atoms with Crippen molar-refractivity contribution in [1.82, 2.24) is 23.9 Å². The van der Waals surface area contributed by atoms with Gasteiger partial charge < -0.3 is 8.97 Å². The SMILES string of the molecule is CCc1c(Cn2ccnc2-c2ncccc2F)nc2ccc(Cl)cn12. The first-order valence-electron chi connectivity index (χ1n) is 7.94. The fraction of sp³-hybridized carbons (Fsp3) is 0.167. The van der Waals surface area contributed by atoms with Gasteiger partial charge in [0.15, 0.2) is 11.6 Å². The number of nitrogens with zero attached hydrogens (tertiary/aromatic N) is 5. The number of pyridine rings is 2. The smallest absolute Gasteiger partial charge is 0.162 e. The number of imidazole rings is 2. The van der Waals surface area contributed by atoms with Gasteiger partial charge in [0.05, 0.1) is 17.3 Å². The van der Waals surface area contributed by atoms with Crippen LogP contribution >= 0.6 is 11.6 Å². The van der Waals surface area contributed by atoms with E-state index in [2.05, 4.69) is 16.9 Å². The highest BCUT2D eigenvalue weighted by Crippen LogP contribution is 2.22. The molecule has 25 heavy (non-hydrogen) atoms. The average Bonchev–Trinajstić information content (AvgIpc) is 3.19. The highest BCUT2D eigenvalue weighted by Gasteiger charge is 2.16. The predicted molar refractivity (Wildman–Crippen MR) is 94.1 cm³/mol. The molecule has 0 amide bonds. The predicted octanol–water partition coefficient (Wildman–Crippen LogP) is 4.00. The number of aromatic nitrogens is 5. The molecule has 0 aliphatic rings. The number of hydrogen-bond donors (Lipinski definition) is 0. The molecule has 0 atom stereocenters. The number of fused-ring (bicyclic) bond motifs is 1. The zero-order valence-electron chi connectivity index (χ0n) is 13.5. The fourth-order valence-corrected chi connectivity index (χ4v) is 3.14. The van der Waals surface area contributed by atoms with Crippen LogP contribution in [-0.2, 0) is 13.0 Å². The summed E-state index contributed by atoms with van der Waals surface area (Å²) >= 11 is 6.11. The second-order valence-corrected chi connectivity index (χ2v) is 6.08. The minimum absolute atomic E-state index is 0.234. The molecule has 0 bridgehead atoms. The molecule has 126 valence electrons. The first-order valence-corrected chi connectivity index (χ1v) is 8.32. The van der Waals surface area contributed by atoms with Crippen molar-refractivity contribution in [2.45, 2.75) is 19.9 Å².